The minimum absolute atomic E-state index is 0.194. The third-order valence-corrected chi connectivity index (χ3v) is 2.78. The van der Waals surface area contributed by atoms with Crippen molar-refractivity contribution in [2.45, 2.75) is 6.18 Å². The number of halogens is 3. The van der Waals surface area contributed by atoms with Crippen LogP contribution in [0.2, 0.25) is 0 Å². The molecule has 1 fully saturated rings. The number of para-hydroxylation sites is 2. The Morgan fingerprint density at radius 1 is 1.27 bits per heavy atom. The molecule has 1 aliphatic heterocycles. The molecule has 122 valence electrons. The van der Waals surface area contributed by atoms with Crippen LogP contribution < -0.4 is 10.2 Å². The van der Waals surface area contributed by atoms with Crippen LogP contribution in [0, 0.1) is 10.1 Å². The number of alkyl halides is 3. The van der Waals surface area contributed by atoms with Crippen LogP contribution in [0.1, 0.15) is 0 Å². The van der Waals surface area contributed by atoms with Crippen molar-refractivity contribution in [2.75, 3.05) is 31.1 Å². The second-order valence-corrected chi connectivity index (χ2v) is 4.29. The summed E-state index contributed by atoms with van der Waals surface area (Å²) in [5.74, 6) is -2.76. The lowest BCUT2D eigenvalue weighted by atomic mass is 10.2. The summed E-state index contributed by atoms with van der Waals surface area (Å²) >= 11 is 0. The predicted octanol–water partition coefficient (Wildman–Crippen LogP) is 1.64. The number of piperazine rings is 1. The van der Waals surface area contributed by atoms with Gasteiger partial charge in [0.1, 0.15) is 5.69 Å². The van der Waals surface area contributed by atoms with Crippen LogP contribution in [0.3, 0.4) is 0 Å². The van der Waals surface area contributed by atoms with Crippen LogP contribution in [0.15, 0.2) is 24.3 Å². The number of benzene rings is 1. The first kappa shape index (κ1) is 17.7. The number of nitrogens with zero attached hydrogens (tertiary/aromatic N) is 2. The molecule has 22 heavy (non-hydrogen) atoms. The highest BCUT2D eigenvalue weighted by atomic mass is 19.4. The van der Waals surface area contributed by atoms with Gasteiger partial charge in [0, 0.05) is 32.2 Å². The van der Waals surface area contributed by atoms with E-state index in [0.717, 1.165) is 31.9 Å². The van der Waals surface area contributed by atoms with Crippen molar-refractivity contribution in [3.63, 3.8) is 0 Å². The summed E-state index contributed by atoms with van der Waals surface area (Å²) < 4.78 is 31.7. The van der Waals surface area contributed by atoms with Crippen molar-refractivity contribution in [2.24, 2.45) is 0 Å². The van der Waals surface area contributed by atoms with Gasteiger partial charge in [-0.1, -0.05) is 12.1 Å². The third kappa shape index (κ3) is 5.20. The first-order valence-electron chi connectivity index (χ1n) is 6.22. The molecule has 0 unspecified atom stereocenters. The Bertz CT molecular complexity index is 531. The third-order valence-electron chi connectivity index (χ3n) is 2.78. The molecule has 7 nitrogen and oxygen atoms in total. The number of hydrogen-bond acceptors (Lipinski definition) is 5. The fourth-order valence-electron chi connectivity index (χ4n) is 1.79. The summed E-state index contributed by atoms with van der Waals surface area (Å²) in [5.41, 5.74) is 0.920. The molecule has 0 aromatic heterocycles. The van der Waals surface area contributed by atoms with E-state index in [0.29, 0.717) is 0 Å². The van der Waals surface area contributed by atoms with Gasteiger partial charge in [-0.25, -0.2) is 4.79 Å². The van der Waals surface area contributed by atoms with E-state index in [1.54, 1.807) is 12.1 Å². The fraction of sp³-hybridized carbons (Fsp3) is 0.417. The Morgan fingerprint density at radius 3 is 2.23 bits per heavy atom. The maximum Gasteiger partial charge on any atom is 0.490 e. The molecule has 0 spiro atoms. The summed E-state index contributed by atoms with van der Waals surface area (Å²) in [5, 5.41) is 21.2. The number of hydrogen-bond donors (Lipinski definition) is 2. The molecule has 10 heteroatoms. The molecule has 1 aromatic rings. The minimum atomic E-state index is -5.08. The topological polar surface area (TPSA) is 95.7 Å². The molecule has 2 rings (SSSR count). The average Bonchev–Trinajstić information content (AvgIpc) is 2.48. The van der Waals surface area contributed by atoms with Gasteiger partial charge < -0.3 is 15.3 Å². The largest absolute Gasteiger partial charge is 0.490 e. The Hall–Kier alpha value is -2.36. The first-order chi connectivity index (χ1) is 10.2. The molecule has 1 saturated heterocycles. The standard InChI is InChI=1S/C10H13N3O2.C2HF3O2/c14-13(15)10-4-2-1-3-9(10)12-7-5-11-6-8-12;3-2(4,5)1(6)7/h1-4,11H,5-8H2;(H,6,7). The van der Waals surface area contributed by atoms with Crippen LogP contribution in [0.4, 0.5) is 24.5 Å². The van der Waals surface area contributed by atoms with E-state index in [1.165, 1.54) is 0 Å². The van der Waals surface area contributed by atoms with Gasteiger partial charge >= 0.3 is 12.1 Å². The second-order valence-electron chi connectivity index (χ2n) is 4.29. The number of carbonyl (C=O) groups is 1. The van der Waals surface area contributed by atoms with Crippen LogP contribution in [0.5, 0.6) is 0 Å². The highest BCUT2D eigenvalue weighted by molar-refractivity contribution is 5.73. The summed E-state index contributed by atoms with van der Waals surface area (Å²) in [6, 6.07) is 6.90. The van der Waals surface area contributed by atoms with E-state index >= 15 is 0 Å². The molecular formula is C12H14F3N3O4. The molecular weight excluding hydrogens is 307 g/mol. The van der Waals surface area contributed by atoms with Crippen LogP contribution in [-0.4, -0.2) is 48.4 Å². The molecule has 1 aliphatic rings. The summed E-state index contributed by atoms with van der Waals surface area (Å²) in [6.07, 6.45) is -5.08. The van der Waals surface area contributed by atoms with E-state index in [2.05, 4.69) is 10.2 Å². The molecule has 0 amide bonds. The first-order valence-corrected chi connectivity index (χ1v) is 6.22. The Kier molecular flexibility index (Phi) is 6.11. The van der Waals surface area contributed by atoms with Crippen molar-refractivity contribution in [1.82, 2.24) is 5.32 Å². The van der Waals surface area contributed by atoms with E-state index in [-0.39, 0.29) is 10.6 Å². The number of anilines is 1. The smallest absolute Gasteiger partial charge is 0.475 e. The Morgan fingerprint density at radius 2 is 1.77 bits per heavy atom. The average molecular weight is 321 g/mol. The lowest BCUT2D eigenvalue weighted by Gasteiger charge is -2.28. The maximum absolute atomic E-state index is 10.8. The lowest BCUT2D eigenvalue weighted by molar-refractivity contribution is -0.384. The van der Waals surface area contributed by atoms with Crippen LogP contribution in [-0.2, 0) is 4.79 Å². The molecule has 0 atom stereocenters. The van der Waals surface area contributed by atoms with Gasteiger partial charge in [0.25, 0.3) is 5.69 Å². The monoisotopic (exact) mass is 321 g/mol. The Balaban J connectivity index is 0.000000295. The van der Waals surface area contributed by atoms with Gasteiger partial charge in [0.15, 0.2) is 0 Å². The quantitative estimate of drug-likeness (QED) is 0.635. The zero-order chi connectivity index (χ0) is 16.8. The lowest BCUT2D eigenvalue weighted by Crippen LogP contribution is -2.43. The van der Waals surface area contributed by atoms with Crippen molar-refractivity contribution in [3.05, 3.63) is 34.4 Å². The van der Waals surface area contributed by atoms with Crippen molar-refractivity contribution >= 4 is 17.3 Å². The molecule has 0 aliphatic carbocycles. The zero-order valence-corrected chi connectivity index (χ0v) is 11.3. The second kappa shape index (κ2) is 7.59. The minimum Gasteiger partial charge on any atom is -0.475 e. The van der Waals surface area contributed by atoms with Gasteiger partial charge in [0.2, 0.25) is 0 Å². The highest BCUT2D eigenvalue weighted by Gasteiger charge is 2.38. The SMILES string of the molecule is O=C(O)C(F)(F)F.O=[N+]([O-])c1ccccc1N1CCNCC1. The van der Waals surface area contributed by atoms with Crippen LogP contribution in [0.25, 0.3) is 0 Å². The number of nitro groups is 1. The van der Waals surface area contributed by atoms with Crippen molar-refractivity contribution < 1.29 is 28.0 Å². The van der Waals surface area contributed by atoms with Crippen molar-refractivity contribution in [1.29, 1.82) is 0 Å². The van der Waals surface area contributed by atoms with Crippen LogP contribution >= 0.6 is 0 Å². The molecule has 0 radical (unpaired) electrons. The van der Waals surface area contributed by atoms with E-state index in [9.17, 15) is 23.3 Å². The number of nitrogens with one attached hydrogen (secondary N) is 1. The maximum atomic E-state index is 10.8. The van der Waals surface area contributed by atoms with E-state index in [4.69, 9.17) is 9.90 Å². The molecule has 0 saturated carbocycles. The predicted molar refractivity (Wildman–Crippen MR) is 71.9 cm³/mol. The Labute approximate surface area is 123 Å². The normalized spacial score (nSPS) is 14.8. The molecule has 1 aromatic carbocycles. The van der Waals surface area contributed by atoms with Crippen molar-refractivity contribution in [3.8, 4) is 0 Å². The number of carboxylic acid groups (broad SMARTS) is 1. The highest BCUT2D eigenvalue weighted by Crippen LogP contribution is 2.27. The molecule has 0 bridgehead atoms. The number of aliphatic carboxylic acids is 1. The van der Waals surface area contributed by atoms with Gasteiger partial charge in [-0.15, -0.1) is 0 Å². The van der Waals surface area contributed by atoms with E-state index in [1.807, 2.05) is 12.1 Å². The number of carboxylic acids is 1. The number of rotatable bonds is 2. The summed E-state index contributed by atoms with van der Waals surface area (Å²) in [4.78, 5) is 21.5. The van der Waals surface area contributed by atoms with Gasteiger partial charge in [0.05, 0.1) is 4.92 Å². The van der Waals surface area contributed by atoms with E-state index < -0.39 is 12.1 Å². The van der Waals surface area contributed by atoms with Gasteiger partial charge in [-0.3, -0.25) is 10.1 Å². The summed E-state index contributed by atoms with van der Waals surface area (Å²) in [7, 11) is 0. The zero-order valence-electron chi connectivity index (χ0n) is 11.3. The fourth-order valence-corrected chi connectivity index (χ4v) is 1.79. The molecule has 2 N–H and O–H groups in total. The van der Waals surface area contributed by atoms with Gasteiger partial charge in [-0.2, -0.15) is 13.2 Å². The van der Waals surface area contributed by atoms with Gasteiger partial charge in [-0.05, 0) is 6.07 Å². The molecule has 1 heterocycles. The summed E-state index contributed by atoms with van der Waals surface area (Å²) in [6.45, 7) is 3.41. The number of nitro benzene ring substituents is 1.